The molecule has 1 aromatic carbocycles. The molecule has 1 atom stereocenters. The Morgan fingerprint density at radius 1 is 1.12 bits per heavy atom. The number of benzene rings is 1. The normalized spacial score (nSPS) is 16.1. The monoisotopic (exact) mass is 589 g/mol. The SMILES string of the molecule is COc1ccc(-c2ccc(OC(F)F)cc2-c2nc(N(C(=O)C(CC(=O)O)CC3CCCC3)C3CC3)sc2F)cn1. The van der Waals surface area contributed by atoms with Crippen LogP contribution in [0.4, 0.5) is 18.3 Å². The van der Waals surface area contributed by atoms with Crippen LogP contribution < -0.4 is 14.4 Å². The van der Waals surface area contributed by atoms with Crippen molar-refractivity contribution in [2.24, 2.45) is 11.8 Å². The molecule has 218 valence electrons. The molecule has 0 aliphatic heterocycles. The Kier molecular flexibility index (Phi) is 8.77. The number of carbonyl (C=O) groups is 2. The third-order valence-corrected chi connectivity index (χ3v) is 8.36. The number of anilines is 1. The van der Waals surface area contributed by atoms with Gasteiger partial charge in [-0.05, 0) is 55.0 Å². The van der Waals surface area contributed by atoms with Crippen molar-refractivity contribution in [3.63, 3.8) is 0 Å². The predicted molar refractivity (Wildman–Crippen MR) is 147 cm³/mol. The van der Waals surface area contributed by atoms with Crippen molar-refractivity contribution in [1.29, 1.82) is 0 Å². The first-order chi connectivity index (χ1) is 19.7. The van der Waals surface area contributed by atoms with Crippen LogP contribution in [0.15, 0.2) is 36.5 Å². The number of methoxy groups -OCH3 is 1. The number of carboxylic acid groups (broad SMARTS) is 1. The summed E-state index contributed by atoms with van der Waals surface area (Å²) in [5.74, 6) is -1.70. The molecule has 12 heteroatoms. The number of rotatable bonds is 12. The van der Waals surface area contributed by atoms with E-state index in [-0.39, 0.29) is 46.4 Å². The molecule has 0 saturated heterocycles. The van der Waals surface area contributed by atoms with Crippen LogP contribution in [0.3, 0.4) is 0 Å². The van der Waals surface area contributed by atoms with Gasteiger partial charge in [0.15, 0.2) is 5.13 Å². The number of ether oxygens (including phenoxy) is 2. The first-order valence-corrected chi connectivity index (χ1v) is 14.4. The molecule has 0 bridgehead atoms. The lowest BCUT2D eigenvalue weighted by Crippen LogP contribution is -2.39. The van der Waals surface area contributed by atoms with Gasteiger partial charge >= 0.3 is 12.6 Å². The minimum Gasteiger partial charge on any atom is -0.481 e. The highest BCUT2D eigenvalue weighted by molar-refractivity contribution is 7.14. The molecular weight excluding hydrogens is 559 g/mol. The fourth-order valence-corrected chi connectivity index (χ4v) is 6.34. The van der Waals surface area contributed by atoms with Gasteiger partial charge in [-0.15, -0.1) is 0 Å². The number of carbonyl (C=O) groups excluding carboxylic acids is 1. The summed E-state index contributed by atoms with van der Waals surface area (Å²) in [6.45, 7) is -3.08. The summed E-state index contributed by atoms with van der Waals surface area (Å²) in [5, 5.41) is 8.96. The Labute approximate surface area is 239 Å². The molecule has 1 amide bonds. The van der Waals surface area contributed by atoms with Gasteiger partial charge in [-0.1, -0.05) is 37.0 Å². The number of hydrogen-bond donors (Lipinski definition) is 1. The second-order valence-corrected chi connectivity index (χ2v) is 11.3. The largest absolute Gasteiger partial charge is 0.481 e. The van der Waals surface area contributed by atoms with Crippen LogP contribution in [-0.2, 0) is 9.59 Å². The molecule has 2 aliphatic carbocycles. The zero-order valence-electron chi connectivity index (χ0n) is 22.4. The number of aliphatic carboxylic acids is 1. The van der Waals surface area contributed by atoms with E-state index in [2.05, 4.69) is 14.7 Å². The second-order valence-electron chi connectivity index (χ2n) is 10.4. The van der Waals surface area contributed by atoms with Gasteiger partial charge in [0.25, 0.3) is 0 Å². The van der Waals surface area contributed by atoms with Gasteiger partial charge in [0, 0.05) is 35.3 Å². The van der Waals surface area contributed by atoms with Gasteiger partial charge in [-0.2, -0.15) is 13.2 Å². The van der Waals surface area contributed by atoms with E-state index in [1.165, 1.54) is 36.4 Å². The number of hydrogen-bond acceptors (Lipinski definition) is 7. The average Bonchev–Trinajstić information content (AvgIpc) is 3.49. The summed E-state index contributed by atoms with van der Waals surface area (Å²) in [6.07, 6.45) is 7.12. The Bertz CT molecular complexity index is 1390. The number of thiazole rings is 1. The van der Waals surface area contributed by atoms with Crippen molar-refractivity contribution in [3.8, 4) is 34.0 Å². The van der Waals surface area contributed by atoms with Crippen molar-refractivity contribution >= 4 is 28.3 Å². The van der Waals surface area contributed by atoms with Gasteiger partial charge in [0.2, 0.25) is 16.9 Å². The maximum atomic E-state index is 15.7. The highest BCUT2D eigenvalue weighted by Gasteiger charge is 2.40. The third-order valence-electron chi connectivity index (χ3n) is 7.52. The van der Waals surface area contributed by atoms with E-state index in [0.29, 0.717) is 47.6 Å². The minimum atomic E-state index is -3.08. The summed E-state index contributed by atoms with van der Waals surface area (Å²) in [6, 6.07) is 7.27. The van der Waals surface area contributed by atoms with Crippen LogP contribution in [0.25, 0.3) is 22.4 Å². The maximum absolute atomic E-state index is 15.7. The molecule has 1 N–H and O–H groups in total. The number of pyridine rings is 1. The molecule has 2 fully saturated rings. The van der Waals surface area contributed by atoms with Crippen LogP contribution in [0.2, 0.25) is 0 Å². The molecule has 2 heterocycles. The van der Waals surface area contributed by atoms with Gasteiger partial charge in [-0.3, -0.25) is 14.5 Å². The van der Waals surface area contributed by atoms with E-state index in [4.69, 9.17) is 4.74 Å². The summed E-state index contributed by atoms with van der Waals surface area (Å²) in [7, 11) is 1.47. The molecule has 8 nitrogen and oxygen atoms in total. The fourth-order valence-electron chi connectivity index (χ4n) is 5.46. The Morgan fingerprint density at radius 3 is 2.49 bits per heavy atom. The lowest BCUT2D eigenvalue weighted by atomic mass is 9.90. The van der Waals surface area contributed by atoms with E-state index in [0.717, 1.165) is 25.7 Å². The van der Waals surface area contributed by atoms with Crippen molar-refractivity contribution < 1.29 is 37.3 Å². The topological polar surface area (TPSA) is 102 Å². The van der Waals surface area contributed by atoms with E-state index in [1.807, 2.05) is 0 Å². The van der Waals surface area contributed by atoms with E-state index in [9.17, 15) is 23.5 Å². The number of nitrogens with zero attached hydrogens (tertiary/aromatic N) is 3. The van der Waals surface area contributed by atoms with Crippen molar-refractivity contribution in [2.45, 2.75) is 64.0 Å². The smallest absolute Gasteiger partial charge is 0.387 e. The lowest BCUT2D eigenvalue weighted by molar-refractivity contribution is -0.141. The molecule has 2 aliphatic rings. The molecular formula is C29H30F3N3O5S. The predicted octanol–water partition coefficient (Wildman–Crippen LogP) is 6.79. The molecule has 1 unspecified atom stereocenters. The summed E-state index contributed by atoms with van der Waals surface area (Å²) < 4.78 is 51.4. The maximum Gasteiger partial charge on any atom is 0.387 e. The third kappa shape index (κ3) is 6.80. The van der Waals surface area contributed by atoms with Gasteiger partial charge in [0.05, 0.1) is 13.5 Å². The van der Waals surface area contributed by atoms with Gasteiger partial charge < -0.3 is 14.6 Å². The van der Waals surface area contributed by atoms with Crippen molar-refractivity contribution in [1.82, 2.24) is 9.97 Å². The Balaban J connectivity index is 1.52. The fraction of sp³-hybridized carbons (Fsp3) is 0.448. The summed E-state index contributed by atoms with van der Waals surface area (Å²) >= 11 is 0.678. The van der Waals surface area contributed by atoms with Crippen LogP contribution in [0, 0.1) is 17.0 Å². The lowest BCUT2D eigenvalue weighted by Gasteiger charge is -2.26. The van der Waals surface area contributed by atoms with Crippen LogP contribution in [0.5, 0.6) is 11.6 Å². The number of halogens is 3. The van der Waals surface area contributed by atoms with Gasteiger partial charge in [-0.25, -0.2) is 9.97 Å². The first kappa shape index (κ1) is 28.8. The second kappa shape index (κ2) is 12.5. The number of alkyl halides is 2. The van der Waals surface area contributed by atoms with E-state index < -0.39 is 23.6 Å². The molecule has 0 radical (unpaired) electrons. The van der Waals surface area contributed by atoms with Crippen LogP contribution in [-0.4, -0.2) is 46.7 Å². The Hall–Kier alpha value is -3.67. The molecule has 3 aromatic rings. The zero-order valence-corrected chi connectivity index (χ0v) is 23.2. The molecule has 2 aromatic heterocycles. The minimum absolute atomic E-state index is 0.116. The zero-order chi connectivity index (χ0) is 29.1. The molecule has 2 saturated carbocycles. The average molecular weight is 590 g/mol. The van der Waals surface area contributed by atoms with Crippen molar-refractivity contribution in [2.75, 3.05) is 12.0 Å². The molecule has 41 heavy (non-hydrogen) atoms. The van der Waals surface area contributed by atoms with E-state index >= 15 is 4.39 Å². The summed E-state index contributed by atoms with van der Waals surface area (Å²) in [4.78, 5) is 35.6. The number of amides is 1. The highest BCUT2D eigenvalue weighted by atomic mass is 32.1. The van der Waals surface area contributed by atoms with Crippen LogP contribution in [0.1, 0.15) is 51.4 Å². The van der Waals surface area contributed by atoms with E-state index in [1.54, 1.807) is 12.1 Å². The van der Waals surface area contributed by atoms with Gasteiger partial charge in [0.1, 0.15) is 11.4 Å². The number of carboxylic acids is 1. The standard InChI is InChI=1S/C29H30F3N3O5S/c1-39-23-11-6-17(15-33-23)21-10-9-20(40-28(31)32)14-22(21)25-26(30)41-29(34-25)35(19-7-8-19)27(38)18(13-24(36)37)12-16-4-2-3-5-16/h6,9-11,14-16,18-19,28H,2-5,7-8,12-13H2,1H3,(H,36,37). The number of aromatic nitrogens is 2. The molecule has 5 rings (SSSR count). The quantitative estimate of drug-likeness (QED) is 0.248. The highest BCUT2D eigenvalue weighted by Crippen LogP contribution is 2.43. The summed E-state index contributed by atoms with van der Waals surface area (Å²) in [5.41, 5.74) is 1.09. The van der Waals surface area contributed by atoms with Crippen LogP contribution >= 0.6 is 11.3 Å². The first-order valence-electron chi connectivity index (χ1n) is 13.5. The van der Waals surface area contributed by atoms with Crippen molar-refractivity contribution in [3.05, 3.63) is 41.7 Å². The Morgan fingerprint density at radius 2 is 1.88 bits per heavy atom. The molecule has 0 spiro atoms.